The Labute approximate surface area is 435 Å². The van der Waals surface area contributed by atoms with Crippen LogP contribution < -0.4 is 11.5 Å². The highest BCUT2D eigenvalue weighted by Gasteiger charge is 2.59. The fraction of sp³-hybridized carbons (Fsp3) is 1.00. The van der Waals surface area contributed by atoms with Crippen molar-refractivity contribution in [1.82, 2.24) is 0 Å². The standard InChI is InChI=1S/C42H72N2O33/c43-15-17(52)36-64-9(2-46)30(15)72-39-25(60)20(55)33(12(5-49)67-39)75-41-27(62)22(57)35(14(7-51)69-41)77-42-28(63)23(58)34(13(6-50)70-42)76-40-26(61)21(56)32(11(4-48)68-40)74-37-18(53)16(44)29(8(1-45)65-37)71-38-24(59)19(54)31(73-36)10(3-47)66-38/h8-42,45-63H,1-7,43-44H2/t8-,9-,10-,11-,12-,13+,14-,15+,16-,17+,18-,19-,20+,21-,22+,23-,24-,25+,26-,27+,28-,29-,30-,31-,32-,33-,34-,35-,36-,37-,38-,39-,40-,41-,42-/m1/s1. The molecule has 0 aromatic rings. The van der Waals surface area contributed by atoms with Gasteiger partial charge in [-0.15, -0.1) is 0 Å². The third-order valence-electron chi connectivity index (χ3n) is 15.0. The summed E-state index contributed by atoms with van der Waals surface area (Å²) < 4.78 is 80.4. The second kappa shape index (κ2) is 26.0. The van der Waals surface area contributed by atoms with E-state index in [1.807, 2.05) is 0 Å². The third kappa shape index (κ3) is 12.1. The summed E-state index contributed by atoms with van der Waals surface area (Å²) in [6.07, 6.45) is -63.2. The molecule has 77 heavy (non-hydrogen) atoms. The molecule has 35 nitrogen and oxygen atoms in total. The molecule has 21 rings (SSSR count). The molecular formula is C42H72N2O33. The lowest BCUT2D eigenvalue weighted by atomic mass is 9.94. The van der Waals surface area contributed by atoms with Crippen LogP contribution in [0.2, 0.25) is 0 Å². The predicted molar refractivity (Wildman–Crippen MR) is 232 cm³/mol. The Hall–Kier alpha value is -1.40. The molecule has 14 bridgehead atoms. The highest BCUT2D eigenvalue weighted by Crippen LogP contribution is 2.38. The Kier molecular flexibility index (Phi) is 20.8. The van der Waals surface area contributed by atoms with E-state index < -0.39 is 261 Å². The van der Waals surface area contributed by atoms with Gasteiger partial charge >= 0.3 is 0 Å². The number of ether oxygens (including phenoxy) is 14. The summed E-state index contributed by atoms with van der Waals surface area (Å²) >= 11 is 0. The second-order valence-corrected chi connectivity index (χ2v) is 19.8. The molecule has 21 aliphatic rings. The maximum atomic E-state index is 11.4. The zero-order chi connectivity index (χ0) is 56.1. The van der Waals surface area contributed by atoms with Gasteiger partial charge in [0.25, 0.3) is 0 Å². The van der Waals surface area contributed by atoms with Gasteiger partial charge in [0.15, 0.2) is 44.0 Å². The molecular weight excluding hydrogens is 1060 g/mol. The van der Waals surface area contributed by atoms with Crippen LogP contribution in [0.3, 0.4) is 0 Å². The maximum absolute atomic E-state index is 11.4. The van der Waals surface area contributed by atoms with Crippen LogP contribution in [0.1, 0.15) is 0 Å². The van der Waals surface area contributed by atoms with Gasteiger partial charge in [-0.25, -0.2) is 0 Å². The molecule has 21 heterocycles. The van der Waals surface area contributed by atoms with E-state index in [2.05, 4.69) is 0 Å². The van der Waals surface area contributed by atoms with Crippen LogP contribution in [0, 0.1) is 0 Å². The molecule has 21 aliphatic heterocycles. The lowest BCUT2D eigenvalue weighted by Crippen LogP contribution is -2.70. The van der Waals surface area contributed by atoms with Gasteiger partial charge in [0.1, 0.15) is 159 Å². The molecule has 23 N–H and O–H groups in total. The van der Waals surface area contributed by atoms with E-state index >= 15 is 0 Å². The van der Waals surface area contributed by atoms with E-state index in [0.29, 0.717) is 0 Å². The van der Waals surface area contributed by atoms with E-state index in [1.54, 1.807) is 0 Å². The first kappa shape index (κ1) is 61.7. The quantitative estimate of drug-likeness (QED) is 0.113. The Balaban J connectivity index is 1.08. The van der Waals surface area contributed by atoms with Gasteiger partial charge in [-0.1, -0.05) is 0 Å². The van der Waals surface area contributed by atoms with Gasteiger partial charge in [0.05, 0.1) is 58.3 Å². The zero-order valence-corrected chi connectivity index (χ0v) is 40.5. The first-order chi connectivity index (χ1) is 36.7. The summed E-state index contributed by atoms with van der Waals surface area (Å²) in [7, 11) is 0. The second-order valence-electron chi connectivity index (χ2n) is 19.8. The molecule has 0 unspecified atom stereocenters. The number of aliphatic hydroxyl groups is 19. The fourth-order valence-corrected chi connectivity index (χ4v) is 10.5. The summed E-state index contributed by atoms with van der Waals surface area (Å²) in [5.41, 5.74) is 12.7. The minimum atomic E-state index is -2.19. The van der Waals surface area contributed by atoms with Crippen molar-refractivity contribution in [3.05, 3.63) is 0 Å². The van der Waals surface area contributed by atoms with Crippen LogP contribution >= 0.6 is 0 Å². The Morgan fingerprint density at radius 1 is 0.195 bits per heavy atom. The van der Waals surface area contributed by atoms with E-state index in [-0.39, 0.29) is 0 Å². The lowest BCUT2D eigenvalue weighted by molar-refractivity contribution is -0.394. The van der Waals surface area contributed by atoms with E-state index in [4.69, 9.17) is 77.8 Å². The van der Waals surface area contributed by atoms with Crippen LogP contribution in [-0.4, -0.2) is 358 Å². The van der Waals surface area contributed by atoms with Gasteiger partial charge in [-0.3, -0.25) is 0 Å². The van der Waals surface area contributed by atoms with Crippen molar-refractivity contribution in [1.29, 1.82) is 0 Å². The minimum Gasteiger partial charge on any atom is -0.394 e. The molecule has 35 heteroatoms. The Bertz CT molecular complexity index is 1480. The van der Waals surface area contributed by atoms with Gasteiger partial charge in [0, 0.05) is 0 Å². The Morgan fingerprint density at radius 2 is 0.338 bits per heavy atom. The van der Waals surface area contributed by atoms with Crippen LogP contribution in [0.5, 0.6) is 0 Å². The van der Waals surface area contributed by atoms with Crippen LogP contribution in [-0.2, 0) is 66.3 Å². The van der Waals surface area contributed by atoms with Gasteiger partial charge in [0.2, 0.25) is 0 Å². The Morgan fingerprint density at radius 3 is 0.506 bits per heavy atom. The first-order valence-electron chi connectivity index (χ1n) is 24.8. The van der Waals surface area contributed by atoms with E-state index in [9.17, 15) is 97.0 Å². The molecule has 0 saturated carbocycles. The molecule has 448 valence electrons. The zero-order valence-electron chi connectivity index (χ0n) is 40.5. The predicted octanol–water partition coefficient (Wildman–Crippen LogP) is -15.3. The molecule has 0 aliphatic carbocycles. The number of nitrogens with two attached hydrogens (primary N) is 2. The highest BCUT2D eigenvalue weighted by atomic mass is 16.8. The maximum Gasteiger partial charge on any atom is 0.187 e. The van der Waals surface area contributed by atoms with Crippen molar-refractivity contribution in [3.63, 3.8) is 0 Å². The molecule has 0 aromatic carbocycles. The molecule has 0 radical (unpaired) electrons. The van der Waals surface area contributed by atoms with Crippen molar-refractivity contribution in [2.24, 2.45) is 11.5 Å². The van der Waals surface area contributed by atoms with Crippen molar-refractivity contribution < 1.29 is 163 Å². The SMILES string of the molecule is N[C@@H]1[C@@H](O)[C@H]2O[C@H]3[C@H](O)[C@@H](O)[C@@H](O[C@H]4[C@H](O)[C@@H](O)[C@@H](O[C@H]5[C@@H](O)[C@H](O)[C@@H](O[C@H]6[C@@H](O)[C@H](O)[C@@H](O[C@H]7[C@@H](N)[C@H](O)[C@@H](O[C@H]8[C@H](O)[C@@H](O)[C@@H](O[C@@H]1[C@@H](CO)O2)O[C@@H]8CO)O[C@@H]7CO)O[C@@H]6CO)O[C@@H]5CO)O[C@H]4CO)O[C@@H]3CO. The molecule has 35 atom stereocenters. The normalized spacial score (nSPS) is 55.4. The summed E-state index contributed by atoms with van der Waals surface area (Å²) in [6.45, 7) is -6.97. The van der Waals surface area contributed by atoms with Crippen molar-refractivity contribution in [2.45, 2.75) is 215 Å². The van der Waals surface area contributed by atoms with Crippen molar-refractivity contribution in [3.8, 4) is 0 Å². The summed E-state index contributed by atoms with van der Waals surface area (Å²) in [5, 5.41) is 209. The smallest absolute Gasteiger partial charge is 0.187 e. The number of rotatable bonds is 7. The van der Waals surface area contributed by atoms with Crippen molar-refractivity contribution >= 4 is 0 Å². The molecule has 0 amide bonds. The highest BCUT2D eigenvalue weighted by molar-refractivity contribution is 5.02. The molecule has 0 spiro atoms. The van der Waals surface area contributed by atoms with Crippen LogP contribution in [0.15, 0.2) is 0 Å². The minimum absolute atomic E-state index is 0.955. The van der Waals surface area contributed by atoms with E-state index in [1.165, 1.54) is 0 Å². The van der Waals surface area contributed by atoms with Crippen LogP contribution in [0.25, 0.3) is 0 Å². The van der Waals surface area contributed by atoms with Gasteiger partial charge in [-0.05, 0) is 0 Å². The average Bonchev–Trinajstić information content (AvgIpc) is 3.45. The first-order valence-corrected chi connectivity index (χ1v) is 24.8. The van der Waals surface area contributed by atoms with Gasteiger partial charge in [-0.2, -0.15) is 0 Å². The number of hydrogen-bond acceptors (Lipinski definition) is 35. The van der Waals surface area contributed by atoms with E-state index in [0.717, 1.165) is 0 Å². The summed E-state index contributed by atoms with van der Waals surface area (Å²) in [4.78, 5) is 0. The van der Waals surface area contributed by atoms with Crippen LogP contribution in [0.4, 0.5) is 0 Å². The number of aliphatic hydroxyl groups excluding tert-OH is 19. The fourth-order valence-electron chi connectivity index (χ4n) is 10.5. The molecule has 21 fully saturated rings. The van der Waals surface area contributed by atoms with Gasteiger partial charge < -0.3 is 175 Å². The summed E-state index contributed by atoms with van der Waals surface area (Å²) in [6, 6.07) is -3.30. The lowest BCUT2D eigenvalue weighted by Gasteiger charge is -2.50. The largest absolute Gasteiger partial charge is 0.394 e. The third-order valence-corrected chi connectivity index (χ3v) is 15.0. The molecule has 21 saturated heterocycles. The average molecular weight is 1130 g/mol. The topological polar surface area (TPSA) is 566 Å². The summed E-state index contributed by atoms with van der Waals surface area (Å²) in [5.74, 6) is 0. The monoisotopic (exact) mass is 1130 g/mol. The molecule has 0 aromatic heterocycles. The van der Waals surface area contributed by atoms with Crippen molar-refractivity contribution in [2.75, 3.05) is 46.2 Å². The number of hydrogen-bond donors (Lipinski definition) is 21.